The van der Waals surface area contributed by atoms with E-state index in [1.165, 1.54) is 24.3 Å². The molecule has 0 unspecified atom stereocenters. The van der Waals surface area contributed by atoms with Gasteiger partial charge < -0.3 is 15.3 Å². The zero-order valence-corrected chi connectivity index (χ0v) is 25.8. The van der Waals surface area contributed by atoms with Crippen molar-refractivity contribution in [3.8, 4) is 17.2 Å². The van der Waals surface area contributed by atoms with Crippen LogP contribution in [-0.4, -0.2) is 58.9 Å². The fourth-order valence-corrected chi connectivity index (χ4v) is 5.12. The van der Waals surface area contributed by atoms with Crippen LogP contribution in [0.5, 0.6) is 17.2 Å². The molecule has 0 saturated carbocycles. The minimum Gasteiger partial charge on any atom is -0.505 e. The molecule has 254 valence electrons. The molecule has 21 nitrogen and oxygen atoms in total. The third kappa shape index (κ3) is 9.38. The standard InChI is InChI=1S/C26H20N8O13S2/c35-23-13-18(34(40)41)7-10-20(23)29-32-24-25(36)21(30-27-15-1-5-17(6-2-15)33(38)39)14-22(26(24)37)31-28-16-3-8-19(9-4-16)48(42,43)12-11-47-49(44,45)46/h1-10,13-14,35-37H,11-12H2,(H,44,45,46)/b30-27-,31-28+,32-29+. The normalized spacial score (nSPS) is 12.3. The van der Waals surface area contributed by atoms with E-state index >= 15 is 0 Å². The van der Waals surface area contributed by atoms with Crippen LogP contribution in [0.1, 0.15) is 0 Å². The number of hydrogen-bond acceptors (Lipinski definition) is 18. The molecule has 0 heterocycles. The van der Waals surface area contributed by atoms with Crippen molar-refractivity contribution in [2.45, 2.75) is 4.90 Å². The van der Waals surface area contributed by atoms with Crippen LogP contribution in [0.3, 0.4) is 0 Å². The van der Waals surface area contributed by atoms with E-state index in [1.54, 1.807) is 0 Å². The summed E-state index contributed by atoms with van der Waals surface area (Å²) in [6.07, 6.45) is 0. The van der Waals surface area contributed by atoms with E-state index in [0.29, 0.717) is 0 Å². The Hall–Kier alpha value is -6.30. The molecule has 0 saturated heterocycles. The van der Waals surface area contributed by atoms with Crippen molar-refractivity contribution in [2.75, 3.05) is 12.4 Å². The molecule has 0 aromatic heterocycles. The Morgan fingerprint density at radius 2 is 1.12 bits per heavy atom. The monoisotopic (exact) mass is 716 g/mol. The molecule has 0 radical (unpaired) electrons. The summed E-state index contributed by atoms with van der Waals surface area (Å²) < 4.78 is 58.8. The number of aromatic hydroxyl groups is 3. The molecule has 4 rings (SSSR count). The molecular formula is C26H20N8O13S2. The van der Waals surface area contributed by atoms with Gasteiger partial charge in [0.15, 0.2) is 27.0 Å². The minimum atomic E-state index is -4.84. The van der Waals surface area contributed by atoms with Gasteiger partial charge in [0.2, 0.25) is 0 Å². The molecule has 0 fully saturated rings. The number of rotatable bonds is 13. The van der Waals surface area contributed by atoms with Crippen molar-refractivity contribution >= 4 is 65.7 Å². The molecule has 0 spiro atoms. The molecule has 0 atom stereocenters. The fraction of sp³-hybridized carbons (Fsp3) is 0.0769. The van der Waals surface area contributed by atoms with Crippen molar-refractivity contribution in [1.29, 1.82) is 0 Å². The van der Waals surface area contributed by atoms with Gasteiger partial charge in [-0.3, -0.25) is 24.8 Å². The summed E-state index contributed by atoms with van der Waals surface area (Å²) in [7, 11) is -8.87. The van der Waals surface area contributed by atoms with Crippen molar-refractivity contribution in [1.82, 2.24) is 0 Å². The maximum absolute atomic E-state index is 12.4. The first-order chi connectivity index (χ1) is 23.0. The molecule has 49 heavy (non-hydrogen) atoms. The topological polar surface area (TPSA) is 319 Å². The van der Waals surface area contributed by atoms with Gasteiger partial charge >= 0.3 is 10.4 Å². The molecule has 0 bridgehead atoms. The van der Waals surface area contributed by atoms with Gasteiger partial charge in [0.25, 0.3) is 11.4 Å². The smallest absolute Gasteiger partial charge is 0.397 e. The highest BCUT2D eigenvalue weighted by Crippen LogP contribution is 2.50. The summed E-state index contributed by atoms with van der Waals surface area (Å²) in [4.78, 5) is 20.2. The van der Waals surface area contributed by atoms with Gasteiger partial charge in [-0.15, -0.1) is 20.5 Å². The molecular weight excluding hydrogens is 696 g/mol. The van der Waals surface area contributed by atoms with Crippen LogP contribution in [0, 0.1) is 20.2 Å². The highest BCUT2D eigenvalue weighted by atomic mass is 32.3. The molecule has 4 aromatic rings. The lowest BCUT2D eigenvalue weighted by molar-refractivity contribution is -0.385. The Kier molecular flexibility index (Phi) is 10.6. The molecule has 0 amide bonds. The summed E-state index contributed by atoms with van der Waals surface area (Å²) in [6, 6.07) is 13.4. The summed E-state index contributed by atoms with van der Waals surface area (Å²) in [6.45, 7) is -0.837. The second-order valence-corrected chi connectivity index (χ2v) is 12.5. The van der Waals surface area contributed by atoms with Crippen molar-refractivity contribution in [2.24, 2.45) is 30.7 Å². The van der Waals surface area contributed by atoms with E-state index in [2.05, 4.69) is 34.9 Å². The van der Waals surface area contributed by atoms with E-state index in [0.717, 1.165) is 48.5 Å². The van der Waals surface area contributed by atoms with Gasteiger partial charge in [0.1, 0.15) is 22.8 Å². The lowest BCUT2D eigenvalue weighted by atomic mass is 10.2. The predicted molar refractivity (Wildman–Crippen MR) is 166 cm³/mol. The summed E-state index contributed by atoms with van der Waals surface area (Å²) in [5.74, 6) is -3.03. The molecule has 0 aliphatic rings. The number of benzene rings is 4. The number of nitrogens with zero attached hydrogens (tertiary/aromatic N) is 8. The number of hydrogen-bond donors (Lipinski definition) is 4. The number of phenolic OH excluding ortho intramolecular Hbond substituents is 3. The number of non-ortho nitro benzene ring substituents is 2. The predicted octanol–water partition coefficient (Wildman–Crippen LogP) is 6.46. The van der Waals surface area contributed by atoms with Crippen LogP contribution in [0.15, 0.2) is 108 Å². The van der Waals surface area contributed by atoms with Crippen molar-refractivity contribution < 1.29 is 50.7 Å². The Morgan fingerprint density at radius 1 is 0.633 bits per heavy atom. The van der Waals surface area contributed by atoms with Crippen LogP contribution in [0.2, 0.25) is 0 Å². The number of azo groups is 3. The van der Waals surface area contributed by atoms with Gasteiger partial charge in [-0.2, -0.15) is 18.6 Å². The summed E-state index contributed by atoms with van der Waals surface area (Å²) >= 11 is 0. The maximum Gasteiger partial charge on any atom is 0.397 e. The first-order valence-corrected chi connectivity index (χ1v) is 16.1. The Morgan fingerprint density at radius 3 is 1.61 bits per heavy atom. The van der Waals surface area contributed by atoms with Gasteiger partial charge in [0, 0.05) is 24.3 Å². The van der Waals surface area contributed by atoms with E-state index < -0.39 is 71.1 Å². The number of nitro benzene ring substituents is 2. The van der Waals surface area contributed by atoms with Gasteiger partial charge in [-0.05, 0) is 42.5 Å². The van der Waals surface area contributed by atoms with E-state index in [4.69, 9.17) is 4.55 Å². The first kappa shape index (κ1) is 35.6. The molecule has 4 N–H and O–H groups in total. The summed E-state index contributed by atoms with van der Waals surface area (Å²) in [5.41, 5.74) is -2.17. The van der Waals surface area contributed by atoms with Crippen molar-refractivity contribution in [3.05, 3.63) is 93.0 Å². The maximum atomic E-state index is 12.4. The lowest BCUT2D eigenvalue weighted by Crippen LogP contribution is -2.15. The minimum absolute atomic E-state index is 0.0497. The average Bonchev–Trinajstić information content (AvgIpc) is 3.04. The SMILES string of the molecule is O=[N+]([O-])c1ccc(/N=N\c2cc(/N=N/c3ccc(S(=O)(=O)CCOS(=O)(=O)O)cc3)c(O)c(/N=N/c3ccc([N+](=O)[O-])cc3O)c2O)cc1. The third-order valence-corrected chi connectivity index (χ3v) is 8.18. The average molecular weight is 717 g/mol. The lowest BCUT2D eigenvalue weighted by Gasteiger charge is -2.07. The van der Waals surface area contributed by atoms with Crippen molar-refractivity contribution in [3.63, 3.8) is 0 Å². The fourth-order valence-electron chi connectivity index (χ4n) is 3.63. The van der Waals surface area contributed by atoms with Gasteiger partial charge in [-0.25, -0.2) is 12.6 Å². The van der Waals surface area contributed by atoms with Crippen LogP contribution in [0.4, 0.5) is 45.5 Å². The Balaban J connectivity index is 1.69. The van der Waals surface area contributed by atoms with E-state index in [9.17, 15) is 52.4 Å². The molecule has 0 aliphatic carbocycles. The van der Waals surface area contributed by atoms with Crippen LogP contribution in [-0.2, 0) is 24.4 Å². The molecule has 23 heteroatoms. The highest BCUT2D eigenvalue weighted by Gasteiger charge is 2.20. The van der Waals surface area contributed by atoms with Crippen LogP contribution in [0.25, 0.3) is 0 Å². The van der Waals surface area contributed by atoms with Gasteiger partial charge in [-0.1, -0.05) is 0 Å². The number of sulfone groups is 1. The molecule has 0 aliphatic heterocycles. The van der Waals surface area contributed by atoms with Gasteiger partial charge in [0.05, 0.1) is 44.5 Å². The third-order valence-electron chi connectivity index (χ3n) is 6.02. The molecule has 4 aromatic carbocycles. The Bertz CT molecular complexity index is 2230. The van der Waals surface area contributed by atoms with Crippen LogP contribution < -0.4 is 0 Å². The highest BCUT2D eigenvalue weighted by molar-refractivity contribution is 7.91. The zero-order chi connectivity index (χ0) is 35.9. The quantitative estimate of drug-likeness (QED) is 0.0500. The number of phenols is 3. The summed E-state index contributed by atoms with van der Waals surface area (Å²) in [5, 5.41) is 76.8. The second-order valence-electron chi connectivity index (χ2n) is 9.33. The zero-order valence-electron chi connectivity index (χ0n) is 24.2. The number of nitro groups is 2. The largest absolute Gasteiger partial charge is 0.505 e. The first-order valence-electron chi connectivity index (χ1n) is 13.0. The van der Waals surface area contributed by atoms with Crippen LogP contribution >= 0.6 is 0 Å². The Labute approximate surface area is 274 Å². The van der Waals surface area contributed by atoms with E-state index in [1.807, 2.05) is 0 Å². The van der Waals surface area contributed by atoms with E-state index in [-0.39, 0.29) is 39.0 Å². The second kappa shape index (κ2) is 14.6.